The second kappa shape index (κ2) is 7.63. The molecule has 4 aromatic rings. The van der Waals surface area contributed by atoms with E-state index in [0.29, 0.717) is 0 Å². The predicted molar refractivity (Wildman–Crippen MR) is 107 cm³/mol. The van der Waals surface area contributed by atoms with E-state index in [1.165, 1.54) is 23.9 Å². The van der Waals surface area contributed by atoms with Crippen molar-refractivity contribution in [3.05, 3.63) is 78.6 Å². The van der Waals surface area contributed by atoms with Crippen LogP contribution in [-0.2, 0) is 4.79 Å². The molecule has 0 saturated carbocycles. The number of nitrogens with zero attached hydrogens (tertiary/aromatic N) is 1. The second-order valence-corrected chi connectivity index (χ2v) is 7.02. The molecule has 3 aromatic carbocycles. The van der Waals surface area contributed by atoms with Crippen LogP contribution in [0.5, 0.6) is 0 Å². The first-order valence-corrected chi connectivity index (χ1v) is 9.39. The van der Waals surface area contributed by atoms with Crippen LogP contribution in [0.25, 0.3) is 22.4 Å². The average Bonchev–Trinajstić information content (AvgIpc) is 3.12. The van der Waals surface area contributed by atoms with Crippen LogP contribution in [0, 0.1) is 5.82 Å². The number of halogens is 1. The second-order valence-electron chi connectivity index (χ2n) is 5.97. The number of hydrogen-bond acceptors (Lipinski definition) is 3. The zero-order chi connectivity index (χ0) is 18.6. The van der Waals surface area contributed by atoms with Gasteiger partial charge in [0.15, 0.2) is 0 Å². The highest BCUT2D eigenvalue weighted by atomic mass is 32.2. The van der Waals surface area contributed by atoms with E-state index < -0.39 is 0 Å². The Kier molecular flexibility index (Phi) is 4.89. The molecule has 6 heteroatoms. The van der Waals surface area contributed by atoms with E-state index in [1.807, 2.05) is 48.5 Å². The van der Waals surface area contributed by atoms with Crippen molar-refractivity contribution in [3.63, 3.8) is 0 Å². The van der Waals surface area contributed by atoms with Gasteiger partial charge in [-0.05, 0) is 60.7 Å². The number of amides is 1. The van der Waals surface area contributed by atoms with E-state index in [4.69, 9.17) is 0 Å². The Morgan fingerprint density at radius 2 is 1.74 bits per heavy atom. The van der Waals surface area contributed by atoms with Crippen molar-refractivity contribution >= 4 is 34.4 Å². The molecule has 0 radical (unpaired) electrons. The number of aromatic nitrogens is 2. The first kappa shape index (κ1) is 17.3. The number of thioether (sulfide) groups is 1. The summed E-state index contributed by atoms with van der Waals surface area (Å²) in [4.78, 5) is 20.8. The van der Waals surface area contributed by atoms with Crippen LogP contribution < -0.4 is 5.32 Å². The molecule has 0 aliphatic carbocycles. The number of anilines is 1. The molecule has 2 N–H and O–H groups in total. The summed E-state index contributed by atoms with van der Waals surface area (Å²) in [5.74, 6) is 0.659. The SMILES string of the molecule is O=C(CSc1ccc(F)cc1)Nc1ccc(-c2nc3ccccc3[nH]2)cc1. The number of carbonyl (C=O) groups is 1. The molecule has 4 rings (SSSR count). The lowest BCUT2D eigenvalue weighted by atomic mass is 10.2. The summed E-state index contributed by atoms with van der Waals surface area (Å²) in [7, 11) is 0. The van der Waals surface area contributed by atoms with Crippen LogP contribution in [-0.4, -0.2) is 21.6 Å². The van der Waals surface area contributed by atoms with Crippen LogP contribution in [0.15, 0.2) is 77.7 Å². The molecule has 0 aliphatic rings. The number of para-hydroxylation sites is 2. The number of nitrogens with one attached hydrogen (secondary N) is 2. The molecule has 0 spiro atoms. The fraction of sp³-hybridized carbons (Fsp3) is 0.0476. The Labute approximate surface area is 159 Å². The molecule has 27 heavy (non-hydrogen) atoms. The molecule has 1 heterocycles. The predicted octanol–water partition coefficient (Wildman–Crippen LogP) is 5.10. The lowest BCUT2D eigenvalue weighted by Gasteiger charge is -2.06. The van der Waals surface area contributed by atoms with Gasteiger partial charge in [-0.3, -0.25) is 4.79 Å². The van der Waals surface area contributed by atoms with Gasteiger partial charge in [-0.15, -0.1) is 11.8 Å². The van der Waals surface area contributed by atoms with Gasteiger partial charge in [0.1, 0.15) is 11.6 Å². The van der Waals surface area contributed by atoms with Crippen LogP contribution in [0.3, 0.4) is 0 Å². The Balaban J connectivity index is 1.38. The van der Waals surface area contributed by atoms with Crippen LogP contribution >= 0.6 is 11.8 Å². The Morgan fingerprint density at radius 1 is 1.00 bits per heavy atom. The molecule has 0 bridgehead atoms. The molecule has 1 amide bonds. The molecule has 1 aromatic heterocycles. The first-order chi connectivity index (χ1) is 13.2. The minimum Gasteiger partial charge on any atom is -0.338 e. The average molecular weight is 377 g/mol. The minimum atomic E-state index is -0.284. The summed E-state index contributed by atoms with van der Waals surface area (Å²) < 4.78 is 12.9. The van der Waals surface area contributed by atoms with Gasteiger partial charge in [0.25, 0.3) is 0 Å². The van der Waals surface area contributed by atoms with Crippen molar-refractivity contribution in [2.24, 2.45) is 0 Å². The maximum atomic E-state index is 12.9. The molecule has 0 unspecified atom stereocenters. The molecule has 0 fully saturated rings. The molecule has 0 saturated heterocycles. The fourth-order valence-electron chi connectivity index (χ4n) is 2.68. The number of benzene rings is 3. The highest BCUT2D eigenvalue weighted by molar-refractivity contribution is 8.00. The van der Waals surface area contributed by atoms with E-state index in [0.717, 1.165) is 33.0 Å². The van der Waals surface area contributed by atoms with Crippen molar-refractivity contribution in [2.45, 2.75) is 4.90 Å². The van der Waals surface area contributed by atoms with Crippen molar-refractivity contribution in [1.29, 1.82) is 0 Å². The van der Waals surface area contributed by atoms with Crippen LogP contribution in [0.2, 0.25) is 0 Å². The Bertz CT molecular complexity index is 1040. The number of aromatic amines is 1. The number of fused-ring (bicyclic) bond motifs is 1. The quantitative estimate of drug-likeness (QED) is 0.476. The minimum absolute atomic E-state index is 0.110. The topological polar surface area (TPSA) is 57.8 Å². The summed E-state index contributed by atoms with van der Waals surface area (Å²) >= 11 is 1.37. The third-order valence-corrected chi connectivity index (χ3v) is 5.03. The van der Waals surface area contributed by atoms with Gasteiger partial charge >= 0.3 is 0 Å². The zero-order valence-electron chi connectivity index (χ0n) is 14.3. The number of rotatable bonds is 5. The van der Waals surface area contributed by atoms with Gasteiger partial charge < -0.3 is 10.3 Å². The molecule has 0 atom stereocenters. The number of hydrogen-bond donors (Lipinski definition) is 2. The lowest BCUT2D eigenvalue weighted by molar-refractivity contribution is -0.113. The van der Waals surface area contributed by atoms with Crippen molar-refractivity contribution < 1.29 is 9.18 Å². The molecular weight excluding hydrogens is 361 g/mol. The van der Waals surface area contributed by atoms with E-state index >= 15 is 0 Å². The summed E-state index contributed by atoms with van der Waals surface area (Å²) in [5.41, 5.74) is 3.58. The van der Waals surface area contributed by atoms with Crippen molar-refractivity contribution in [2.75, 3.05) is 11.1 Å². The van der Waals surface area contributed by atoms with Crippen molar-refractivity contribution in [1.82, 2.24) is 9.97 Å². The standard InChI is InChI=1S/C21H16FN3OS/c22-15-7-11-17(12-8-15)27-13-20(26)23-16-9-5-14(6-10-16)21-24-18-3-1-2-4-19(18)25-21/h1-12H,13H2,(H,23,26)(H,24,25). The van der Waals surface area contributed by atoms with Gasteiger partial charge in [0.05, 0.1) is 16.8 Å². The lowest BCUT2D eigenvalue weighted by Crippen LogP contribution is -2.13. The van der Waals surface area contributed by atoms with Gasteiger partial charge in [0, 0.05) is 16.1 Å². The molecule has 0 aliphatic heterocycles. The third-order valence-electron chi connectivity index (χ3n) is 4.02. The summed E-state index contributed by atoms with van der Waals surface area (Å²) in [6.45, 7) is 0. The number of imidazole rings is 1. The maximum absolute atomic E-state index is 12.9. The number of H-pyrrole nitrogens is 1. The van der Waals surface area contributed by atoms with Gasteiger partial charge in [-0.1, -0.05) is 12.1 Å². The molecular formula is C21H16FN3OS. The summed E-state index contributed by atoms with van der Waals surface area (Å²) in [6.07, 6.45) is 0. The van der Waals surface area contributed by atoms with Crippen molar-refractivity contribution in [3.8, 4) is 11.4 Å². The monoisotopic (exact) mass is 377 g/mol. The van der Waals surface area contributed by atoms with Gasteiger partial charge in [-0.25, -0.2) is 9.37 Å². The smallest absolute Gasteiger partial charge is 0.234 e. The van der Waals surface area contributed by atoms with E-state index in [2.05, 4.69) is 15.3 Å². The molecule has 134 valence electrons. The van der Waals surface area contributed by atoms with Crippen LogP contribution in [0.4, 0.5) is 10.1 Å². The first-order valence-electron chi connectivity index (χ1n) is 8.41. The summed E-state index contributed by atoms with van der Waals surface area (Å²) in [5, 5.41) is 2.86. The largest absolute Gasteiger partial charge is 0.338 e. The maximum Gasteiger partial charge on any atom is 0.234 e. The summed E-state index contributed by atoms with van der Waals surface area (Å²) in [6, 6.07) is 21.5. The van der Waals surface area contributed by atoms with E-state index in [-0.39, 0.29) is 17.5 Å². The Hall–Kier alpha value is -3.12. The van der Waals surface area contributed by atoms with E-state index in [1.54, 1.807) is 12.1 Å². The number of carbonyl (C=O) groups excluding carboxylic acids is 1. The normalized spacial score (nSPS) is 10.9. The highest BCUT2D eigenvalue weighted by Crippen LogP contribution is 2.23. The zero-order valence-corrected chi connectivity index (χ0v) is 15.1. The fourth-order valence-corrected chi connectivity index (χ4v) is 3.38. The highest BCUT2D eigenvalue weighted by Gasteiger charge is 2.07. The molecule has 4 nitrogen and oxygen atoms in total. The Morgan fingerprint density at radius 3 is 2.48 bits per heavy atom. The van der Waals surface area contributed by atoms with Crippen LogP contribution in [0.1, 0.15) is 0 Å². The van der Waals surface area contributed by atoms with Gasteiger partial charge in [-0.2, -0.15) is 0 Å². The third kappa shape index (κ3) is 4.17. The van der Waals surface area contributed by atoms with E-state index in [9.17, 15) is 9.18 Å². The van der Waals surface area contributed by atoms with Gasteiger partial charge in [0.2, 0.25) is 5.91 Å².